The molecule has 2 unspecified atom stereocenters. The Kier molecular flexibility index (Phi) is 6.76. The molecule has 1 aliphatic carbocycles. The maximum atomic E-state index is 13.6. The first-order valence-corrected chi connectivity index (χ1v) is 12.2. The molecule has 1 amide bonds. The lowest BCUT2D eigenvalue weighted by Gasteiger charge is -2.34. The Balaban J connectivity index is 1.61. The smallest absolute Gasteiger partial charge is 0.249 e. The highest BCUT2D eigenvalue weighted by atomic mass is 35.5. The molecule has 0 spiro atoms. The molecule has 4 rings (SSSR count). The molecule has 0 radical (unpaired) electrons. The summed E-state index contributed by atoms with van der Waals surface area (Å²) in [5.41, 5.74) is 2.54. The van der Waals surface area contributed by atoms with E-state index in [9.17, 15) is 4.79 Å². The summed E-state index contributed by atoms with van der Waals surface area (Å²) < 4.78 is 5.57. The van der Waals surface area contributed by atoms with Crippen LogP contribution in [-0.2, 0) is 17.6 Å². The second-order valence-electron chi connectivity index (χ2n) is 9.47. The van der Waals surface area contributed by atoms with Gasteiger partial charge in [-0.25, -0.2) is 0 Å². The van der Waals surface area contributed by atoms with Crippen LogP contribution in [0.5, 0.6) is 0 Å². The van der Waals surface area contributed by atoms with Crippen LogP contribution in [0.4, 0.5) is 0 Å². The van der Waals surface area contributed by atoms with Gasteiger partial charge in [-0.1, -0.05) is 55.6 Å². The Morgan fingerprint density at radius 1 is 1.33 bits per heavy atom. The molecule has 2 heterocycles. The molecule has 1 aliphatic rings. The van der Waals surface area contributed by atoms with E-state index in [1.54, 1.807) is 6.07 Å². The summed E-state index contributed by atoms with van der Waals surface area (Å²) in [5, 5.41) is 12.6. The molecule has 0 fully saturated rings. The summed E-state index contributed by atoms with van der Waals surface area (Å²) >= 11 is 12.7. The van der Waals surface area contributed by atoms with Crippen molar-refractivity contribution in [2.75, 3.05) is 7.05 Å². The maximum absolute atomic E-state index is 13.6. The SMILES string of the molecule is CCC(C)[C@H](NC(=O)[C@]1(C)CCc2[nH]c3c(Cl)cc(Cl)cc3c2C1)c1nc(C(C)NC)no1. The average Bonchev–Trinajstić information content (AvgIpc) is 3.41. The van der Waals surface area contributed by atoms with E-state index < -0.39 is 5.41 Å². The summed E-state index contributed by atoms with van der Waals surface area (Å²) in [6, 6.07) is 3.28. The minimum atomic E-state index is -0.580. The molecular formula is C24H31Cl2N5O2. The number of hydrogen-bond donors (Lipinski definition) is 3. The van der Waals surface area contributed by atoms with Crippen LogP contribution < -0.4 is 10.6 Å². The summed E-state index contributed by atoms with van der Waals surface area (Å²) in [6.45, 7) is 8.16. The number of amides is 1. The molecule has 0 saturated heterocycles. The Morgan fingerprint density at radius 3 is 2.79 bits per heavy atom. The van der Waals surface area contributed by atoms with Gasteiger partial charge in [-0.2, -0.15) is 4.98 Å². The first-order valence-electron chi connectivity index (χ1n) is 11.5. The first-order chi connectivity index (χ1) is 15.7. The lowest BCUT2D eigenvalue weighted by atomic mass is 9.73. The summed E-state index contributed by atoms with van der Waals surface area (Å²) in [5.74, 6) is 1.15. The molecule has 4 atom stereocenters. The van der Waals surface area contributed by atoms with E-state index in [0.29, 0.717) is 28.2 Å². The number of carbonyl (C=O) groups excluding carboxylic acids is 1. The van der Waals surface area contributed by atoms with Gasteiger partial charge in [0.2, 0.25) is 11.8 Å². The number of aryl methyl sites for hydroxylation is 1. The monoisotopic (exact) mass is 491 g/mol. The van der Waals surface area contributed by atoms with Gasteiger partial charge in [-0.05, 0) is 56.8 Å². The van der Waals surface area contributed by atoms with E-state index in [4.69, 9.17) is 27.7 Å². The highest BCUT2D eigenvalue weighted by Crippen LogP contribution is 2.42. The second kappa shape index (κ2) is 9.28. The summed E-state index contributed by atoms with van der Waals surface area (Å²) in [4.78, 5) is 21.7. The minimum absolute atomic E-state index is 0.0117. The highest BCUT2D eigenvalue weighted by molar-refractivity contribution is 6.38. The Hall–Kier alpha value is -2.09. The molecule has 0 saturated carbocycles. The maximum Gasteiger partial charge on any atom is 0.249 e. The standard InChI is InChI=1S/C24H31Cl2N5O2/c1-6-12(2)19(22-30-21(31-33-22)13(3)27-5)29-23(32)24(4)8-7-18-16(11-24)15-9-14(25)10-17(26)20(15)28-18/h9-10,12-13,19,27-28H,6-8,11H2,1-5H3,(H,29,32)/t12?,13?,19-,24+/m0/s1. The molecule has 3 aromatic rings. The molecule has 33 heavy (non-hydrogen) atoms. The molecular weight excluding hydrogens is 461 g/mol. The number of hydrogen-bond acceptors (Lipinski definition) is 5. The number of H-pyrrole nitrogens is 1. The van der Waals surface area contributed by atoms with Crippen LogP contribution in [0.1, 0.15) is 75.6 Å². The van der Waals surface area contributed by atoms with E-state index in [1.807, 2.05) is 27.0 Å². The zero-order valence-electron chi connectivity index (χ0n) is 19.7. The van der Waals surface area contributed by atoms with Crippen molar-refractivity contribution >= 4 is 40.0 Å². The third-order valence-electron chi connectivity index (χ3n) is 7.11. The molecule has 7 nitrogen and oxygen atoms in total. The lowest BCUT2D eigenvalue weighted by molar-refractivity contribution is -0.132. The summed E-state index contributed by atoms with van der Waals surface area (Å²) in [7, 11) is 1.85. The number of aromatic nitrogens is 3. The van der Waals surface area contributed by atoms with Crippen molar-refractivity contribution in [1.82, 2.24) is 25.8 Å². The van der Waals surface area contributed by atoms with Crippen LogP contribution in [0.2, 0.25) is 10.0 Å². The van der Waals surface area contributed by atoms with Gasteiger partial charge in [-0.15, -0.1) is 0 Å². The third-order valence-corrected chi connectivity index (χ3v) is 7.62. The van der Waals surface area contributed by atoms with Crippen molar-refractivity contribution in [2.45, 2.75) is 65.5 Å². The first kappa shape index (κ1) is 24.0. The van der Waals surface area contributed by atoms with Crippen molar-refractivity contribution in [1.29, 1.82) is 0 Å². The van der Waals surface area contributed by atoms with Gasteiger partial charge in [0.05, 0.1) is 22.0 Å². The quantitative estimate of drug-likeness (QED) is 0.403. The number of fused-ring (bicyclic) bond motifs is 3. The van der Waals surface area contributed by atoms with Crippen LogP contribution in [0.25, 0.3) is 10.9 Å². The molecule has 0 aliphatic heterocycles. The van der Waals surface area contributed by atoms with Crippen molar-refractivity contribution < 1.29 is 9.32 Å². The minimum Gasteiger partial charge on any atom is -0.357 e. The number of nitrogens with zero attached hydrogens (tertiary/aromatic N) is 2. The van der Waals surface area contributed by atoms with Gasteiger partial charge < -0.3 is 20.1 Å². The topological polar surface area (TPSA) is 95.8 Å². The van der Waals surface area contributed by atoms with Crippen molar-refractivity contribution in [3.8, 4) is 0 Å². The van der Waals surface area contributed by atoms with Gasteiger partial charge in [-0.3, -0.25) is 4.79 Å². The van der Waals surface area contributed by atoms with Gasteiger partial charge in [0.15, 0.2) is 5.82 Å². The predicted octanol–water partition coefficient (Wildman–Crippen LogP) is 5.54. The fraction of sp³-hybridized carbons (Fsp3) is 0.542. The predicted molar refractivity (Wildman–Crippen MR) is 131 cm³/mol. The summed E-state index contributed by atoms with van der Waals surface area (Å²) in [6.07, 6.45) is 2.96. The van der Waals surface area contributed by atoms with E-state index in [0.717, 1.165) is 41.4 Å². The number of carbonyl (C=O) groups is 1. The van der Waals surface area contributed by atoms with Crippen LogP contribution >= 0.6 is 23.2 Å². The van der Waals surface area contributed by atoms with Crippen LogP contribution in [0, 0.1) is 11.3 Å². The molecule has 1 aromatic carbocycles. The molecule has 2 aromatic heterocycles. The van der Waals surface area contributed by atoms with Crippen LogP contribution in [0.3, 0.4) is 0 Å². The number of halogens is 2. The van der Waals surface area contributed by atoms with Crippen molar-refractivity contribution in [3.05, 3.63) is 45.2 Å². The molecule has 3 N–H and O–H groups in total. The third kappa shape index (κ3) is 4.51. The largest absolute Gasteiger partial charge is 0.357 e. The number of benzene rings is 1. The zero-order chi connectivity index (χ0) is 23.9. The highest BCUT2D eigenvalue weighted by Gasteiger charge is 2.40. The second-order valence-corrected chi connectivity index (χ2v) is 10.3. The van der Waals surface area contributed by atoms with E-state index in [1.165, 1.54) is 0 Å². The lowest BCUT2D eigenvalue weighted by Crippen LogP contribution is -2.45. The van der Waals surface area contributed by atoms with Gasteiger partial charge >= 0.3 is 0 Å². The number of rotatable bonds is 7. The molecule has 178 valence electrons. The average molecular weight is 492 g/mol. The number of aromatic amines is 1. The molecule has 9 heteroatoms. The Bertz CT molecular complexity index is 1170. The van der Waals surface area contributed by atoms with Crippen LogP contribution in [0.15, 0.2) is 16.7 Å². The Morgan fingerprint density at radius 2 is 2.09 bits per heavy atom. The van der Waals surface area contributed by atoms with Crippen molar-refractivity contribution in [2.24, 2.45) is 11.3 Å². The zero-order valence-corrected chi connectivity index (χ0v) is 21.2. The van der Waals surface area contributed by atoms with Crippen molar-refractivity contribution in [3.63, 3.8) is 0 Å². The van der Waals surface area contributed by atoms with Gasteiger partial charge in [0.1, 0.15) is 6.04 Å². The van der Waals surface area contributed by atoms with E-state index >= 15 is 0 Å². The Labute approximate surface area is 204 Å². The number of nitrogens with one attached hydrogen (secondary N) is 3. The fourth-order valence-electron chi connectivity index (χ4n) is 4.49. The van der Waals surface area contributed by atoms with E-state index in [-0.39, 0.29) is 23.9 Å². The normalized spacial score (nSPS) is 20.9. The molecule has 0 bridgehead atoms. The van der Waals surface area contributed by atoms with Gasteiger partial charge in [0, 0.05) is 16.1 Å². The van der Waals surface area contributed by atoms with E-state index in [2.05, 4.69) is 39.6 Å². The van der Waals surface area contributed by atoms with Crippen LogP contribution in [-0.4, -0.2) is 28.1 Å². The fourth-order valence-corrected chi connectivity index (χ4v) is 5.03. The van der Waals surface area contributed by atoms with Gasteiger partial charge in [0.25, 0.3) is 0 Å².